The monoisotopic (exact) mass is 537 g/mol. The van der Waals surface area contributed by atoms with Crippen molar-refractivity contribution >= 4 is 38.6 Å². The molecule has 9 heteroatoms. The summed E-state index contributed by atoms with van der Waals surface area (Å²) in [5, 5.41) is 12.3. The van der Waals surface area contributed by atoms with Crippen LogP contribution in [-0.2, 0) is 17.7 Å². The minimum atomic E-state index is -0.417. The average Bonchev–Trinajstić information content (AvgIpc) is 3.56. The number of furan rings is 1. The van der Waals surface area contributed by atoms with Crippen molar-refractivity contribution in [3.05, 3.63) is 79.8 Å². The number of hydrogen-bond acceptors (Lipinski definition) is 6. The van der Waals surface area contributed by atoms with E-state index in [-0.39, 0.29) is 11.7 Å². The second-order valence-electron chi connectivity index (χ2n) is 8.55. The van der Waals surface area contributed by atoms with E-state index in [0.29, 0.717) is 52.6 Å². The maximum Gasteiger partial charge on any atom is 0.356 e. The number of fused-ring (bicyclic) bond motifs is 1. The Hall–Kier alpha value is -3.46. The van der Waals surface area contributed by atoms with Crippen LogP contribution in [0.2, 0.25) is 0 Å². The second kappa shape index (κ2) is 9.30. The molecule has 5 rings (SSSR count). The molecule has 0 aliphatic heterocycles. The van der Waals surface area contributed by atoms with E-state index in [1.54, 1.807) is 25.1 Å². The minimum absolute atomic E-state index is 0.0230. The van der Waals surface area contributed by atoms with Crippen LogP contribution in [0.5, 0.6) is 0 Å². The number of nitro benzene ring substituents is 1. The van der Waals surface area contributed by atoms with E-state index in [1.807, 2.05) is 29.7 Å². The molecule has 0 spiro atoms. The molecule has 180 valence electrons. The average molecular weight is 538 g/mol. The van der Waals surface area contributed by atoms with E-state index >= 15 is 0 Å². The molecule has 1 saturated carbocycles. The summed E-state index contributed by atoms with van der Waals surface area (Å²) in [6.07, 6.45) is 2.77. The maximum absolute atomic E-state index is 12.9. The third-order valence-electron chi connectivity index (χ3n) is 6.20. The number of carbonyl (C=O) groups is 1. The van der Waals surface area contributed by atoms with Gasteiger partial charge in [-0.3, -0.25) is 10.1 Å². The molecule has 0 radical (unpaired) electrons. The summed E-state index contributed by atoms with van der Waals surface area (Å²) >= 11 is 3.60. The fourth-order valence-corrected chi connectivity index (χ4v) is 5.01. The molecule has 1 fully saturated rings. The molecule has 2 aromatic heterocycles. The lowest BCUT2D eigenvalue weighted by Crippen LogP contribution is -2.16. The van der Waals surface area contributed by atoms with Crippen LogP contribution in [0.1, 0.15) is 60.2 Å². The highest BCUT2D eigenvalue weighted by Crippen LogP contribution is 2.43. The number of hydrogen-bond donors (Lipinski definition) is 0. The second-order valence-corrected chi connectivity index (χ2v) is 9.34. The number of esters is 1. The highest BCUT2D eigenvalue weighted by Gasteiger charge is 2.34. The number of rotatable bonds is 8. The molecule has 0 N–H and O–H groups in total. The van der Waals surface area contributed by atoms with Crippen LogP contribution in [0.25, 0.3) is 22.3 Å². The van der Waals surface area contributed by atoms with Crippen LogP contribution in [0.15, 0.2) is 51.4 Å². The van der Waals surface area contributed by atoms with Gasteiger partial charge >= 0.3 is 5.97 Å². The molecule has 35 heavy (non-hydrogen) atoms. The van der Waals surface area contributed by atoms with Gasteiger partial charge in [0.15, 0.2) is 11.5 Å². The summed E-state index contributed by atoms with van der Waals surface area (Å²) in [5.74, 6) is 1.23. The maximum atomic E-state index is 12.9. The molecule has 8 nitrogen and oxygen atoms in total. The number of carbonyl (C=O) groups excluding carboxylic acids is 1. The van der Waals surface area contributed by atoms with Crippen molar-refractivity contribution in [3.8, 4) is 11.3 Å². The third kappa shape index (κ3) is 4.25. The number of nitrogens with zero attached hydrogens (tertiary/aromatic N) is 3. The fourth-order valence-electron chi connectivity index (χ4n) is 4.41. The lowest BCUT2D eigenvalue weighted by Gasteiger charge is -2.12. The Morgan fingerprint density at radius 2 is 2.03 bits per heavy atom. The highest BCUT2D eigenvalue weighted by molar-refractivity contribution is 9.10. The molecule has 0 atom stereocenters. The van der Waals surface area contributed by atoms with Gasteiger partial charge in [0.1, 0.15) is 11.4 Å². The predicted octanol–water partition coefficient (Wildman–Crippen LogP) is 6.63. The summed E-state index contributed by atoms with van der Waals surface area (Å²) < 4.78 is 14.0. The molecule has 0 saturated heterocycles. The first-order valence-electron chi connectivity index (χ1n) is 11.6. The summed E-state index contributed by atoms with van der Waals surface area (Å²) in [6.45, 7) is 4.58. The molecule has 1 aliphatic rings. The largest absolute Gasteiger partial charge is 0.461 e. The number of para-hydroxylation sites is 1. The number of benzene rings is 2. The summed E-state index contributed by atoms with van der Waals surface area (Å²) in [7, 11) is 0. The predicted molar refractivity (Wildman–Crippen MR) is 135 cm³/mol. The van der Waals surface area contributed by atoms with Crippen molar-refractivity contribution < 1.29 is 18.9 Å². The minimum Gasteiger partial charge on any atom is -0.461 e. The van der Waals surface area contributed by atoms with Crippen molar-refractivity contribution in [1.82, 2.24) is 9.55 Å². The molecule has 4 aromatic rings. The highest BCUT2D eigenvalue weighted by atomic mass is 79.9. The number of ether oxygens (including phenoxy) is 1. The van der Waals surface area contributed by atoms with E-state index in [4.69, 9.17) is 14.1 Å². The first-order chi connectivity index (χ1) is 16.9. The lowest BCUT2D eigenvalue weighted by molar-refractivity contribution is -0.384. The lowest BCUT2D eigenvalue weighted by atomic mass is 10.1. The Morgan fingerprint density at radius 1 is 1.26 bits per heavy atom. The Bertz CT molecular complexity index is 1450. The van der Waals surface area contributed by atoms with Crippen LogP contribution in [0.3, 0.4) is 0 Å². The van der Waals surface area contributed by atoms with Crippen LogP contribution >= 0.6 is 15.9 Å². The van der Waals surface area contributed by atoms with Gasteiger partial charge in [0.25, 0.3) is 5.69 Å². The van der Waals surface area contributed by atoms with Gasteiger partial charge in [-0.15, -0.1) is 0 Å². The van der Waals surface area contributed by atoms with Gasteiger partial charge < -0.3 is 13.7 Å². The quantitative estimate of drug-likeness (QED) is 0.142. The zero-order chi connectivity index (χ0) is 24.7. The molecular formula is C26H24BrN3O5. The first-order valence-corrected chi connectivity index (χ1v) is 12.4. The number of aryl methyl sites for hydroxylation is 1. The van der Waals surface area contributed by atoms with Crippen LogP contribution in [-0.4, -0.2) is 27.1 Å². The Morgan fingerprint density at radius 3 is 2.71 bits per heavy atom. The van der Waals surface area contributed by atoms with Gasteiger partial charge in [-0.1, -0.05) is 25.1 Å². The van der Waals surface area contributed by atoms with Crippen molar-refractivity contribution in [2.24, 2.45) is 0 Å². The van der Waals surface area contributed by atoms with E-state index < -0.39 is 4.92 Å². The van der Waals surface area contributed by atoms with Crippen molar-refractivity contribution in [2.45, 2.75) is 45.6 Å². The first kappa shape index (κ1) is 23.3. The van der Waals surface area contributed by atoms with Crippen LogP contribution < -0.4 is 0 Å². The smallest absolute Gasteiger partial charge is 0.356 e. The third-order valence-corrected chi connectivity index (χ3v) is 6.99. The normalized spacial score (nSPS) is 13.3. The molecule has 2 aromatic carbocycles. The SMILES string of the molecule is CCOC(=O)c1c(C2CC2)nc(CC)n1Cc1ccc2oc(-c3ccccc3[N+](=O)[O-])c(Br)c2c1. The number of imidazole rings is 1. The summed E-state index contributed by atoms with van der Waals surface area (Å²) in [6, 6.07) is 12.3. The van der Waals surface area contributed by atoms with Gasteiger partial charge in [0.2, 0.25) is 0 Å². The van der Waals surface area contributed by atoms with Gasteiger partial charge in [-0.25, -0.2) is 9.78 Å². The zero-order valence-electron chi connectivity index (χ0n) is 19.4. The summed E-state index contributed by atoms with van der Waals surface area (Å²) in [5.41, 5.74) is 3.32. The molecule has 0 bridgehead atoms. The number of aromatic nitrogens is 2. The number of nitro groups is 1. The van der Waals surface area contributed by atoms with E-state index in [1.165, 1.54) is 6.07 Å². The zero-order valence-corrected chi connectivity index (χ0v) is 21.0. The molecule has 2 heterocycles. The molecule has 0 unspecified atom stereocenters. The van der Waals surface area contributed by atoms with Crippen LogP contribution in [0.4, 0.5) is 5.69 Å². The van der Waals surface area contributed by atoms with Crippen molar-refractivity contribution in [3.63, 3.8) is 0 Å². The van der Waals surface area contributed by atoms with E-state index in [9.17, 15) is 14.9 Å². The van der Waals surface area contributed by atoms with E-state index in [0.717, 1.165) is 35.3 Å². The number of halogens is 1. The Balaban J connectivity index is 1.57. The molecule has 1 aliphatic carbocycles. The van der Waals surface area contributed by atoms with Crippen molar-refractivity contribution in [1.29, 1.82) is 0 Å². The Labute approximate surface area is 210 Å². The topological polar surface area (TPSA) is 100 Å². The fraction of sp³-hybridized carbons (Fsp3) is 0.308. The summed E-state index contributed by atoms with van der Waals surface area (Å²) in [4.78, 5) is 28.8. The van der Waals surface area contributed by atoms with Gasteiger partial charge in [0, 0.05) is 30.3 Å². The van der Waals surface area contributed by atoms with Gasteiger partial charge in [0.05, 0.1) is 27.3 Å². The standard InChI is InChI=1S/C26H24BrN3O5/c1-3-21-28-23(16-10-11-16)24(26(31)34-4-2)29(21)14-15-9-12-20-18(13-15)22(27)25(35-20)17-7-5-6-8-19(17)30(32)33/h5-9,12-13,16H,3-4,10-11,14H2,1-2H3. The molecular weight excluding hydrogens is 514 g/mol. The van der Waals surface area contributed by atoms with Gasteiger partial charge in [-0.2, -0.15) is 0 Å². The van der Waals surface area contributed by atoms with Crippen molar-refractivity contribution in [2.75, 3.05) is 6.61 Å². The van der Waals surface area contributed by atoms with Crippen LogP contribution in [0, 0.1) is 10.1 Å². The molecule has 0 amide bonds. The Kier molecular flexibility index (Phi) is 6.19. The van der Waals surface area contributed by atoms with E-state index in [2.05, 4.69) is 15.9 Å². The van der Waals surface area contributed by atoms with Gasteiger partial charge in [-0.05, 0) is 59.5 Å².